The van der Waals surface area contributed by atoms with Gasteiger partial charge in [0.1, 0.15) is 11.9 Å². The molecule has 1 aromatic heterocycles. The summed E-state index contributed by atoms with van der Waals surface area (Å²) in [6.07, 6.45) is 1.27. The highest BCUT2D eigenvalue weighted by molar-refractivity contribution is 7.12. The fourth-order valence-electron chi connectivity index (χ4n) is 2.87. The molecule has 1 aliphatic rings. The van der Waals surface area contributed by atoms with Crippen LogP contribution in [0.3, 0.4) is 0 Å². The number of aryl methyl sites for hydroxylation is 2. The van der Waals surface area contributed by atoms with Crippen molar-refractivity contribution in [3.05, 3.63) is 51.2 Å². The average molecular weight is 287 g/mol. The van der Waals surface area contributed by atoms with Crippen molar-refractivity contribution in [2.75, 3.05) is 6.54 Å². The molecule has 3 rings (SSSR count). The largest absolute Gasteiger partial charge is 0.488 e. The van der Waals surface area contributed by atoms with Crippen molar-refractivity contribution in [3.8, 4) is 5.75 Å². The lowest BCUT2D eigenvalue weighted by Crippen LogP contribution is -2.31. The van der Waals surface area contributed by atoms with E-state index in [9.17, 15) is 0 Å². The Morgan fingerprint density at radius 1 is 1.35 bits per heavy atom. The molecule has 0 aliphatic carbocycles. The number of hydrogen-bond acceptors (Lipinski definition) is 3. The van der Waals surface area contributed by atoms with Gasteiger partial charge < -0.3 is 10.1 Å². The van der Waals surface area contributed by atoms with Crippen LogP contribution in [-0.2, 0) is 6.42 Å². The van der Waals surface area contributed by atoms with E-state index in [1.807, 2.05) is 17.4 Å². The third-order valence-corrected chi connectivity index (χ3v) is 4.89. The molecule has 106 valence electrons. The van der Waals surface area contributed by atoms with Gasteiger partial charge in [-0.3, -0.25) is 0 Å². The first-order chi connectivity index (χ1) is 9.63. The summed E-state index contributed by atoms with van der Waals surface area (Å²) in [5.74, 6) is 1.05. The van der Waals surface area contributed by atoms with Crippen molar-refractivity contribution in [3.63, 3.8) is 0 Å². The number of hydrogen-bond donors (Lipinski definition) is 1. The number of rotatable bonds is 4. The van der Waals surface area contributed by atoms with Crippen LogP contribution in [0.5, 0.6) is 5.75 Å². The summed E-state index contributed by atoms with van der Waals surface area (Å²) in [6, 6.07) is 11.0. The van der Waals surface area contributed by atoms with Gasteiger partial charge in [-0.2, -0.15) is 0 Å². The van der Waals surface area contributed by atoms with Gasteiger partial charge >= 0.3 is 0 Å². The number of thiophene rings is 1. The van der Waals surface area contributed by atoms with Gasteiger partial charge in [0.2, 0.25) is 0 Å². The predicted molar refractivity (Wildman–Crippen MR) is 84.8 cm³/mol. The minimum absolute atomic E-state index is 0.259. The summed E-state index contributed by atoms with van der Waals surface area (Å²) in [7, 11) is 0. The molecule has 0 fully saturated rings. The minimum atomic E-state index is 0.259. The molecule has 1 aliphatic heterocycles. The number of nitrogens with one attached hydrogen (secondary N) is 1. The van der Waals surface area contributed by atoms with Crippen LogP contribution in [0.25, 0.3) is 0 Å². The van der Waals surface area contributed by atoms with E-state index in [1.54, 1.807) is 0 Å². The van der Waals surface area contributed by atoms with Crippen molar-refractivity contribution in [1.29, 1.82) is 0 Å². The maximum Gasteiger partial charge on any atom is 0.123 e. The first kappa shape index (κ1) is 13.7. The molecule has 0 saturated heterocycles. The second-order valence-corrected chi connectivity index (χ2v) is 7.01. The quantitative estimate of drug-likeness (QED) is 0.917. The van der Waals surface area contributed by atoms with Crippen LogP contribution in [0, 0.1) is 13.8 Å². The standard InChI is InChI=1S/C17H21NOS/c1-11-8-16(13(3)20-11)12(2)18-10-15-9-14-6-4-5-7-17(14)19-15/h4-8,12,15,18H,9-10H2,1-3H3. The van der Waals surface area contributed by atoms with E-state index in [-0.39, 0.29) is 6.10 Å². The topological polar surface area (TPSA) is 21.3 Å². The second kappa shape index (κ2) is 5.58. The van der Waals surface area contributed by atoms with Crippen LogP contribution in [0.2, 0.25) is 0 Å². The smallest absolute Gasteiger partial charge is 0.123 e. The van der Waals surface area contributed by atoms with Crippen LogP contribution in [-0.4, -0.2) is 12.6 Å². The van der Waals surface area contributed by atoms with Gasteiger partial charge in [0.05, 0.1) is 0 Å². The van der Waals surface area contributed by atoms with Crippen molar-refractivity contribution >= 4 is 11.3 Å². The highest BCUT2D eigenvalue weighted by atomic mass is 32.1. The number of benzene rings is 1. The zero-order valence-corrected chi connectivity index (χ0v) is 13.1. The lowest BCUT2D eigenvalue weighted by molar-refractivity contribution is 0.222. The predicted octanol–water partition coefficient (Wildman–Crippen LogP) is 4.02. The van der Waals surface area contributed by atoms with Crippen molar-refractivity contribution in [1.82, 2.24) is 5.32 Å². The van der Waals surface area contributed by atoms with Crippen LogP contribution >= 0.6 is 11.3 Å². The average Bonchev–Trinajstić information content (AvgIpc) is 2.98. The molecule has 1 aromatic carbocycles. The van der Waals surface area contributed by atoms with Crippen LogP contribution in [0.15, 0.2) is 30.3 Å². The summed E-state index contributed by atoms with van der Waals surface area (Å²) in [5, 5.41) is 3.61. The fraction of sp³-hybridized carbons (Fsp3) is 0.412. The molecule has 20 heavy (non-hydrogen) atoms. The molecule has 3 heteroatoms. The molecule has 0 spiro atoms. The Labute approximate surface area is 124 Å². The highest BCUT2D eigenvalue weighted by Gasteiger charge is 2.23. The third-order valence-electron chi connectivity index (χ3n) is 3.91. The number of ether oxygens (including phenoxy) is 1. The number of para-hydroxylation sites is 1. The molecule has 0 radical (unpaired) electrons. The third kappa shape index (κ3) is 2.74. The van der Waals surface area contributed by atoms with Gasteiger partial charge in [-0.05, 0) is 44.0 Å². The van der Waals surface area contributed by atoms with E-state index in [2.05, 4.69) is 50.4 Å². The summed E-state index contributed by atoms with van der Waals surface area (Å²) >= 11 is 1.87. The van der Waals surface area contributed by atoms with Crippen molar-refractivity contribution in [2.45, 2.75) is 39.3 Å². The first-order valence-corrected chi connectivity index (χ1v) is 8.00. The van der Waals surface area contributed by atoms with Gasteiger partial charge in [0, 0.05) is 28.8 Å². The Balaban J connectivity index is 1.57. The van der Waals surface area contributed by atoms with Crippen molar-refractivity contribution in [2.24, 2.45) is 0 Å². The highest BCUT2D eigenvalue weighted by Crippen LogP contribution is 2.29. The van der Waals surface area contributed by atoms with Gasteiger partial charge in [-0.15, -0.1) is 11.3 Å². The van der Waals surface area contributed by atoms with Gasteiger partial charge in [-0.25, -0.2) is 0 Å². The van der Waals surface area contributed by atoms with E-state index in [0.29, 0.717) is 6.04 Å². The van der Waals surface area contributed by atoms with Gasteiger partial charge in [0.15, 0.2) is 0 Å². The maximum atomic E-state index is 5.97. The molecule has 0 amide bonds. The second-order valence-electron chi connectivity index (χ2n) is 5.55. The van der Waals surface area contributed by atoms with E-state index < -0.39 is 0 Å². The molecule has 2 nitrogen and oxygen atoms in total. The Bertz CT molecular complexity index is 580. The Hall–Kier alpha value is -1.32. The Morgan fingerprint density at radius 2 is 2.15 bits per heavy atom. The monoisotopic (exact) mass is 287 g/mol. The molecule has 2 heterocycles. The Morgan fingerprint density at radius 3 is 2.85 bits per heavy atom. The summed E-state index contributed by atoms with van der Waals surface area (Å²) in [6.45, 7) is 7.50. The summed E-state index contributed by atoms with van der Waals surface area (Å²) in [4.78, 5) is 2.80. The van der Waals surface area contributed by atoms with E-state index in [1.165, 1.54) is 20.9 Å². The van der Waals surface area contributed by atoms with E-state index >= 15 is 0 Å². The zero-order valence-electron chi connectivity index (χ0n) is 12.3. The van der Waals surface area contributed by atoms with Gasteiger partial charge in [-0.1, -0.05) is 18.2 Å². The zero-order chi connectivity index (χ0) is 14.1. The SMILES string of the molecule is Cc1cc(C(C)NCC2Cc3ccccc3O2)c(C)s1. The molecule has 1 N–H and O–H groups in total. The summed E-state index contributed by atoms with van der Waals surface area (Å²) < 4.78 is 5.97. The lowest BCUT2D eigenvalue weighted by Gasteiger charge is -2.17. The molecular formula is C17H21NOS. The fourth-order valence-corrected chi connectivity index (χ4v) is 3.89. The number of fused-ring (bicyclic) bond motifs is 1. The lowest BCUT2D eigenvalue weighted by atomic mass is 10.1. The van der Waals surface area contributed by atoms with Crippen LogP contribution < -0.4 is 10.1 Å². The molecule has 0 saturated carbocycles. The van der Waals surface area contributed by atoms with E-state index in [4.69, 9.17) is 4.74 Å². The van der Waals surface area contributed by atoms with E-state index in [0.717, 1.165) is 18.7 Å². The van der Waals surface area contributed by atoms with Gasteiger partial charge in [0.25, 0.3) is 0 Å². The molecule has 2 unspecified atom stereocenters. The molecule has 2 atom stereocenters. The van der Waals surface area contributed by atoms with Crippen LogP contribution in [0.1, 0.15) is 33.8 Å². The minimum Gasteiger partial charge on any atom is -0.488 e. The molecular weight excluding hydrogens is 266 g/mol. The molecule has 0 bridgehead atoms. The first-order valence-electron chi connectivity index (χ1n) is 7.18. The maximum absolute atomic E-state index is 5.97. The summed E-state index contributed by atoms with van der Waals surface area (Å²) in [5.41, 5.74) is 2.75. The Kier molecular flexibility index (Phi) is 3.81. The normalized spacial score (nSPS) is 18.6. The van der Waals surface area contributed by atoms with Crippen LogP contribution in [0.4, 0.5) is 0 Å². The molecule has 2 aromatic rings. The van der Waals surface area contributed by atoms with Crippen molar-refractivity contribution < 1.29 is 4.74 Å².